The van der Waals surface area contributed by atoms with Crippen molar-refractivity contribution < 1.29 is 14.3 Å². The van der Waals surface area contributed by atoms with Crippen LogP contribution in [0, 0.1) is 0 Å². The van der Waals surface area contributed by atoms with Gasteiger partial charge in [-0.3, -0.25) is 9.59 Å². The Kier molecular flexibility index (Phi) is 5.66. The summed E-state index contributed by atoms with van der Waals surface area (Å²) in [7, 11) is 0. The first-order valence-corrected chi connectivity index (χ1v) is 10.1. The first-order valence-electron chi connectivity index (χ1n) is 9.34. The quantitative estimate of drug-likeness (QED) is 0.577. The molecule has 1 N–H and O–H groups in total. The standard InChI is InChI=1S/C23H18Cl2N2O3/c1-14-23(29)27(13-15-3-2-4-18(25)11-15)20-12-19(9-10-21(20)30-14)26-22(28)16-5-7-17(24)8-6-16/h2-12,14H,13H2,1H3,(H,26,28). The fraction of sp³-hybridized carbons (Fsp3) is 0.130. The number of carbonyl (C=O) groups is 2. The van der Waals surface area contributed by atoms with Crippen molar-refractivity contribution in [2.75, 3.05) is 10.2 Å². The fourth-order valence-electron chi connectivity index (χ4n) is 3.27. The van der Waals surface area contributed by atoms with Crippen molar-refractivity contribution in [3.05, 3.63) is 87.9 Å². The van der Waals surface area contributed by atoms with Gasteiger partial charge in [0.2, 0.25) is 0 Å². The molecule has 1 heterocycles. The Labute approximate surface area is 184 Å². The van der Waals surface area contributed by atoms with Gasteiger partial charge in [-0.1, -0.05) is 35.3 Å². The molecule has 0 bridgehead atoms. The summed E-state index contributed by atoms with van der Waals surface area (Å²) in [5.74, 6) is 0.140. The van der Waals surface area contributed by atoms with E-state index in [9.17, 15) is 9.59 Å². The zero-order valence-corrected chi connectivity index (χ0v) is 17.6. The van der Waals surface area contributed by atoms with Crippen molar-refractivity contribution in [2.45, 2.75) is 19.6 Å². The second-order valence-corrected chi connectivity index (χ2v) is 7.83. The first kappa shape index (κ1) is 20.3. The van der Waals surface area contributed by atoms with E-state index in [-0.39, 0.29) is 11.8 Å². The number of fused-ring (bicyclic) bond motifs is 1. The molecule has 1 aliphatic heterocycles. The van der Waals surface area contributed by atoms with Crippen LogP contribution in [-0.2, 0) is 11.3 Å². The largest absolute Gasteiger partial charge is 0.479 e. The molecule has 3 aromatic carbocycles. The Morgan fingerprint density at radius 2 is 1.80 bits per heavy atom. The van der Waals surface area contributed by atoms with Crippen LogP contribution in [0.25, 0.3) is 0 Å². The summed E-state index contributed by atoms with van der Waals surface area (Å²) in [6.45, 7) is 2.06. The van der Waals surface area contributed by atoms with Gasteiger partial charge in [-0.15, -0.1) is 0 Å². The summed E-state index contributed by atoms with van der Waals surface area (Å²) in [6.07, 6.45) is -0.605. The highest BCUT2D eigenvalue weighted by atomic mass is 35.5. The van der Waals surface area contributed by atoms with E-state index in [1.165, 1.54) is 0 Å². The van der Waals surface area contributed by atoms with Gasteiger partial charge in [-0.2, -0.15) is 0 Å². The lowest BCUT2D eigenvalue weighted by atomic mass is 10.1. The van der Waals surface area contributed by atoms with Gasteiger partial charge in [0.15, 0.2) is 6.10 Å². The number of amides is 2. The van der Waals surface area contributed by atoms with Gasteiger partial charge < -0.3 is 15.0 Å². The number of ether oxygens (including phenoxy) is 1. The lowest BCUT2D eigenvalue weighted by Gasteiger charge is -2.33. The summed E-state index contributed by atoms with van der Waals surface area (Å²) in [5.41, 5.74) is 2.52. The average molecular weight is 441 g/mol. The van der Waals surface area contributed by atoms with Crippen molar-refractivity contribution in [1.82, 2.24) is 0 Å². The van der Waals surface area contributed by atoms with E-state index in [0.717, 1.165) is 5.56 Å². The van der Waals surface area contributed by atoms with Crippen molar-refractivity contribution in [1.29, 1.82) is 0 Å². The van der Waals surface area contributed by atoms with E-state index in [2.05, 4.69) is 5.32 Å². The molecule has 0 fully saturated rings. The van der Waals surface area contributed by atoms with Crippen molar-refractivity contribution in [3.63, 3.8) is 0 Å². The minimum Gasteiger partial charge on any atom is -0.479 e. The molecule has 0 aromatic heterocycles. The van der Waals surface area contributed by atoms with Crippen molar-refractivity contribution in [2.24, 2.45) is 0 Å². The maximum atomic E-state index is 12.8. The third-order valence-electron chi connectivity index (χ3n) is 4.76. The highest BCUT2D eigenvalue weighted by molar-refractivity contribution is 6.31. The first-order chi connectivity index (χ1) is 14.4. The minimum atomic E-state index is -0.605. The van der Waals surface area contributed by atoms with Gasteiger partial charge in [-0.05, 0) is 67.1 Å². The minimum absolute atomic E-state index is 0.163. The summed E-state index contributed by atoms with van der Waals surface area (Å²) in [5, 5.41) is 4.01. The summed E-state index contributed by atoms with van der Waals surface area (Å²) in [6, 6.07) is 19.2. The van der Waals surface area contributed by atoms with Crippen molar-refractivity contribution in [3.8, 4) is 5.75 Å². The van der Waals surface area contributed by atoms with E-state index in [0.29, 0.717) is 39.3 Å². The van der Waals surface area contributed by atoms with Crippen LogP contribution >= 0.6 is 23.2 Å². The van der Waals surface area contributed by atoms with E-state index >= 15 is 0 Å². The SMILES string of the molecule is CC1Oc2ccc(NC(=O)c3ccc(Cl)cc3)cc2N(Cc2cccc(Cl)c2)C1=O. The lowest BCUT2D eigenvalue weighted by Crippen LogP contribution is -2.44. The smallest absolute Gasteiger partial charge is 0.268 e. The zero-order chi connectivity index (χ0) is 21.3. The molecule has 1 aliphatic rings. The van der Waals surface area contributed by atoms with Crippen LogP contribution < -0.4 is 15.0 Å². The number of nitrogens with one attached hydrogen (secondary N) is 1. The Hall–Kier alpha value is -3.02. The molecule has 3 aromatic rings. The molecule has 1 unspecified atom stereocenters. The number of halogens is 2. The van der Waals surface area contributed by atoms with E-state index in [4.69, 9.17) is 27.9 Å². The molecule has 0 aliphatic carbocycles. The van der Waals surface area contributed by atoms with E-state index < -0.39 is 6.10 Å². The highest BCUT2D eigenvalue weighted by Gasteiger charge is 2.32. The summed E-state index contributed by atoms with van der Waals surface area (Å²) >= 11 is 12.0. The molecule has 30 heavy (non-hydrogen) atoms. The zero-order valence-electron chi connectivity index (χ0n) is 16.1. The molecule has 7 heteroatoms. The molecule has 0 spiro atoms. The second kappa shape index (κ2) is 8.38. The van der Waals surface area contributed by atoms with Gasteiger partial charge in [0, 0.05) is 21.3 Å². The van der Waals surface area contributed by atoms with Gasteiger partial charge in [0.1, 0.15) is 5.75 Å². The van der Waals surface area contributed by atoms with Crippen molar-refractivity contribution >= 4 is 46.4 Å². The molecule has 5 nitrogen and oxygen atoms in total. The summed E-state index contributed by atoms with van der Waals surface area (Å²) < 4.78 is 5.75. The molecule has 0 saturated carbocycles. The molecule has 1 atom stereocenters. The molecule has 4 rings (SSSR count). The number of hydrogen-bond donors (Lipinski definition) is 1. The van der Waals surface area contributed by atoms with Crippen LogP contribution in [0.5, 0.6) is 5.75 Å². The van der Waals surface area contributed by atoms with Gasteiger partial charge >= 0.3 is 0 Å². The molecular weight excluding hydrogens is 423 g/mol. The summed E-state index contributed by atoms with van der Waals surface area (Å²) in [4.78, 5) is 27.0. The molecular formula is C23H18Cl2N2O3. The monoisotopic (exact) mass is 440 g/mol. The number of carbonyl (C=O) groups excluding carboxylic acids is 2. The van der Waals surface area contributed by atoms with Crippen LogP contribution in [0.1, 0.15) is 22.8 Å². The Balaban J connectivity index is 1.63. The van der Waals surface area contributed by atoms with Crippen LogP contribution in [0.2, 0.25) is 10.0 Å². The third kappa shape index (κ3) is 4.27. The fourth-order valence-corrected chi connectivity index (χ4v) is 3.61. The average Bonchev–Trinajstić information content (AvgIpc) is 2.72. The Morgan fingerprint density at radius 3 is 2.53 bits per heavy atom. The maximum absolute atomic E-state index is 12.8. The maximum Gasteiger partial charge on any atom is 0.268 e. The number of nitrogens with zero attached hydrogens (tertiary/aromatic N) is 1. The van der Waals surface area contributed by atoms with Crippen LogP contribution in [0.3, 0.4) is 0 Å². The van der Waals surface area contributed by atoms with Crippen LogP contribution in [-0.4, -0.2) is 17.9 Å². The van der Waals surface area contributed by atoms with Crippen LogP contribution in [0.4, 0.5) is 11.4 Å². The van der Waals surface area contributed by atoms with Crippen LogP contribution in [0.15, 0.2) is 66.7 Å². The molecule has 0 radical (unpaired) electrons. The predicted octanol–water partition coefficient (Wildman–Crippen LogP) is 5.56. The lowest BCUT2D eigenvalue weighted by molar-refractivity contribution is -0.125. The topological polar surface area (TPSA) is 58.6 Å². The van der Waals surface area contributed by atoms with Gasteiger partial charge in [-0.25, -0.2) is 0 Å². The van der Waals surface area contributed by atoms with E-state index in [1.807, 2.05) is 18.2 Å². The Bertz CT molecular complexity index is 1120. The Morgan fingerprint density at radius 1 is 1.03 bits per heavy atom. The normalized spacial score (nSPS) is 15.4. The number of benzene rings is 3. The van der Waals surface area contributed by atoms with E-state index in [1.54, 1.807) is 60.4 Å². The van der Waals surface area contributed by atoms with Gasteiger partial charge in [0.05, 0.1) is 12.2 Å². The molecule has 152 valence electrons. The number of rotatable bonds is 4. The molecule has 0 saturated heterocycles. The third-order valence-corrected chi connectivity index (χ3v) is 5.25. The molecule has 2 amide bonds. The predicted molar refractivity (Wildman–Crippen MR) is 119 cm³/mol. The number of anilines is 2. The number of hydrogen-bond acceptors (Lipinski definition) is 3. The second-order valence-electron chi connectivity index (χ2n) is 6.96. The van der Waals surface area contributed by atoms with Gasteiger partial charge in [0.25, 0.3) is 11.8 Å². The highest BCUT2D eigenvalue weighted by Crippen LogP contribution is 2.37.